The average Bonchev–Trinajstić information content (AvgIpc) is 3.09. The van der Waals surface area contributed by atoms with Crippen LogP contribution in [0.1, 0.15) is 36.8 Å². The Hall–Kier alpha value is -2.60. The number of nitrogens with zero attached hydrogens (tertiary/aromatic N) is 6. The lowest BCUT2D eigenvalue weighted by molar-refractivity contribution is 0.238. The fourth-order valence-corrected chi connectivity index (χ4v) is 2.68. The molecule has 0 aromatic carbocycles. The highest BCUT2D eigenvalue weighted by molar-refractivity contribution is 5.07. The number of aromatic nitrogens is 5. The molecule has 3 rings (SSSR count). The number of aryl methyl sites for hydroxylation is 1. The molecule has 0 aliphatic carbocycles. The van der Waals surface area contributed by atoms with Crippen LogP contribution in [-0.4, -0.2) is 29.9 Å². The summed E-state index contributed by atoms with van der Waals surface area (Å²) in [6.07, 6.45) is 7.97. The van der Waals surface area contributed by atoms with Crippen molar-refractivity contribution in [1.82, 2.24) is 29.9 Å². The normalized spacial score (nSPS) is 11.1. The maximum atomic E-state index is 4.44. The lowest BCUT2D eigenvalue weighted by Gasteiger charge is -2.20. The van der Waals surface area contributed by atoms with Gasteiger partial charge in [0.15, 0.2) is 0 Å². The third-order valence-electron chi connectivity index (χ3n) is 3.94. The van der Waals surface area contributed by atoms with Crippen LogP contribution in [0.15, 0.2) is 55.0 Å². The van der Waals surface area contributed by atoms with Crippen molar-refractivity contribution in [3.63, 3.8) is 0 Å². The zero-order valence-electron chi connectivity index (χ0n) is 14.6. The molecule has 0 bridgehead atoms. The fourth-order valence-electron chi connectivity index (χ4n) is 2.68. The van der Waals surface area contributed by atoms with Crippen LogP contribution in [0.25, 0.3) is 0 Å². The monoisotopic (exact) mass is 336 g/mol. The largest absolute Gasteiger partial charge is 0.286 e. The molecule has 3 aromatic heterocycles. The van der Waals surface area contributed by atoms with Crippen LogP contribution in [-0.2, 0) is 26.2 Å². The summed E-state index contributed by atoms with van der Waals surface area (Å²) in [6, 6.07) is 12.0. The maximum absolute atomic E-state index is 4.44. The van der Waals surface area contributed by atoms with Crippen LogP contribution in [0.4, 0.5) is 0 Å². The van der Waals surface area contributed by atoms with Gasteiger partial charge in [0, 0.05) is 44.8 Å². The smallest absolute Gasteiger partial charge is 0.0967 e. The molecule has 0 unspecified atom stereocenters. The maximum Gasteiger partial charge on any atom is 0.0967 e. The van der Waals surface area contributed by atoms with E-state index in [-0.39, 0.29) is 0 Å². The van der Waals surface area contributed by atoms with Crippen LogP contribution in [0.3, 0.4) is 0 Å². The highest BCUT2D eigenvalue weighted by Crippen LogP contribution is 2.11. The van der Waals surface area contributed by atoms with E-state index >= 15 is 0 Å². The summed E-state index contributed by atoms with van der Waals surface area (Å²) in [5.41, 5.74) is 3.05. The second kappa shape index (κ2) is 9.03. The molecule has 0 aliphatic heterocycles. The first-order chi connectivity index (χ1) is 12.3. The van der Waals surface area contributed by atoms with Gasteiger partial charge in [-0.25, -0.2) is 0 Å². The van der Waals surface area contributed by atoms with E-state index in [1.807, 2.05) is 59.7 Å². The highest BCUT2D eigenvalue weighted by atomic mass is 15.4. The molecule has 0 saturated heterocycles. The van der Waals surface area contributed by atoms with Gasteiger partial charge in [-0.2, -0.15) is 0 Å². The third-order valence-corrected chi connectivity index (χ3v) is 3.94. The molecule has 3 aromatic rings. The van der Waals surface area contributed by atoms with Crippen LogP contribution in [0.5, 0.6) is 0 Å². The molecule has 0 saturated carbocycles. The summed E-state index contributed by atoms with van der Waals surface area (Å²) in [5.74, 6) is 0. The molecule has 0 fully saturated rings. The van der Waals surface area contributed by atoms with Crippen molar-refractivity contribution < 1.29 is 0 Å². The number of hydrogen-bond donors (Lipinski definition) is 0. The molecule has 0 atom stereocenters. The van der Waals surface area contributed by atoms with E-state index < -0.39 is 0 Å². The predicted octanol–water partition coefficient (Wildman–Crippen LogP) is 3.07. The first-order valence-electron chi connectivity index (χ1n) is 8.74. The van der Waals surface area contributed by atoms with Crippen LogP contribution < -0.4 is 0 Å². The molecule has 0 N–H and O–H groups in total. The Morgan fingerprint density at radius 2 is 1.52 bits per heavy atom. The summed E-state index contributed by atoms with van der Waals surface area (Å²) in [7, 11) is 0. The van der Waals surface area contributed by atoms with Gasteiger partial charge < -0.3 is 0 Å². The minimum atomic E-state index is 0.722. The number of unbranched alkanes of at least 4 members (excludes halogenated alkanes) is 1. The first kappa shape index (κ1) is 17.2. The van der Waals surface area contributed by atoms with E-state index in [4.69, 9.17) is 0 Å². The number of hydrogen-bond acceptors (Lipinski definition) is 5. The molecule has 25 heavy (non-hydrogen) atoms. The van der Waals surface area contributed by atoms with E-state index in [0.717, 1.165) is 56.1 Å². The van der Waals surface area contributed by atoms with Crippen LogP contribution in [0.2, 0.25) is 0 Å². The van der Waals surface area contributed by atoms with E-state index in [9.17, 15) is 0 Å². The minimum Gasteiger partial charge on any atom is -0.286 e. The Balaban J connectivity index is 1.70. The summed E-state index contributed by atoms with van der Waals surface area (Å²) in [4.78, 5) is 11.2. The van der Waals surface area contributed by atoms with Crippen molar-refractivity contribution in [1.29, 1.82) is 0 Å². The van der Waals surface area contributed by atoms with Gasteiger partial charge in [0.25, 0.3) is 0 Å². The predicted molar refractivity (Wildman–Crippen MR) is 96.4 cm³/mol. The molecule has 0 radical (unpaired) electrons. The zero-order chi connectivity index (χ0) is 17.3. The Morgan fingerprint density at radius 1 is 0.880 bits per heavy atom. The van der Waals surface area contributed by atoms with E-state index in [1.54, 1.807) is 0 Å². The van der Waals surface area contributed by atoms with Crippen molar-refractivity contribution in [3.8, 4) is 0 Å². The van der Waals surface area contributed by atoms with Gasteiger partial charge in [0.1, 0.15) is 0 Å². The molecule has 3 heterocycles. The minimum absolute atomic E-state index is 0.722. The summed E-state index contributed by atoms with van der Waals surface area (Å²) < 4.78 is 1.93. The van der Waals surface area contributed by atoms with Gasteiger partial charge in [-0.3, -0.25) is 19.5 Å². The molecular formula is C19H24N6. The molecule has 0 amide bonds. The van der Waals surface area contributed by atoms with Crippen molar-refractivity contribution in [2.75, 3.05) is 0 Å². The molecule has 0 aliphatic rings. The first-order valence-corrected chi connectivity index (χ1v) is 8.74. The fraction of sp³-hybridized carbons (Fsp3) is 0.368. The second-order valence-corrected chi connectivity index (χ2v) is 6.11. The van der Waals surface area contributed by atoms with Crippen molar-refractivity contribution in [2.45, 2.75) is 45.9 Å². The highest BCUT2D eigenvalue weighted by Gasteiger charge is 2.12. The Bertz CT molecular complexity index is 699. The van der Waals surface area contributed by atoms with Crippen molar-refractivity contribution in [2.24, 2.45) is 0 Å². The van der Waals surface area contributed by atoms with E-state index in [2.05, 4.69) is 32.1 Å². The Kier molecular flexibility index (Phi) is 6.23. The van der Waals surface area contributed by atoms with Crippen LogP contribution >= 0.6 is 0 Å². The quantitative estimate of drug-likeness (QED) is 0.601. The summed E-state index contributed by atoms with van der Waals surface area (Å²) in [6.45, 7) is 5.32. The van der Waals surface area contributed by atoms with Gasteiger partial charge in [0.05, 0.1) is 17.1 Å². The lowest BCUT2D eigenvalue weighted by Crippen LogP contribution is -2.23. The zero-order valence-corrected chi connectivity index (χ0v) is 14.6. The molecule has 6 heteroatoms. The van der Waals surface area contributed by atoms with E-state index in [0.29, 0.717) is 0 Å². The molecule has 6 nitrogen and oxygen atoms in total. The Morgan fingerprint density at radius 3 is 2.08 bits per heavy atom. The van der Waals surface area contributed by atoms with Gasteiger partial charge in [-0.1, -0.05) is 30.7 Å². The SMILES string of the molecule is CCCCn1cc(CN(Cc2ccccn2)Cc2ccccn2)nn1. The summed E-state index contributed by atoms with van der Waals surface area (Å²) in [5, 5.41) is 8.55. The van der Waals surface area contributed by atoms with Gasteiger partial charge >= 0.3 is 0 Å². The standard InChI is InChI=1S/C19H24N6/c1-2-3-12-25-16-19(22-23-25)15-24(13-17-8-4-6-10-20-17)14-18-9-5-7-11-21-18/h4-11,16H,2-3,12-15H2,1H3. The number of rotatable bonds is 9. The van der Waals surface area contributed by atoms with Crippen molar-refractivity contribution >= 4 is 0 Å². The van der Waals surface area contributed by atoms with E-state index in [1.165, 1.54) is 0 Å². The molecule has 130 valence electrons. The third kappa shape index (κ3) is 5.46. The van der Waals surface area contributed by atoms with Crippen molar-refractivity contribution in [3.05, 3.63) is 72.1 Å². The van der Waals surface area contributed by atoms with Crippen LogP contribution in [0, 0.1) is 0 Å². The Labute approximate surface area is 148 Å². The molecular weight excluding hydrogens is 312 g/mol. The van der Waals surface area contributed by atoms with Gasteiger partial charge in [-0.15, -0.1) is 5.10 Å². The second-order valence-electron chi connectivity index (χ2n) is 6.11. The van der Waals surface area contributed by atoms with Gasteiger partial charge in [0.2, 0.25) is 0 Å². The van der Waals surface area contributed by atoms with Gasteiger partial charge in [-0.05, 0) is 30.7 Å². The average molecular weight is 336 g/mol. The lowest BCUT2D eigenvalue weighted by atomic mass is 10.2. The molecule has 0 spiro atoms. The topological polar surface area (TPSA) is 59.7 Å². The number of pyridine rings is 2. The summed E-state index contributed by atoms with van der Waals surface area (Å²) >= 11 is 0.